The summed E-state index contributed by atoms with van der Waals surface area (Å²) in [6.07, 6.45) is 11.4. The maximum atomic E-state index is 11.9. The van der Waals surface area contributed by atoms with Crippen molar-refractivity contribution in [3.05, 3.63) is 66.8 Å². The highest BCUT2D eigenvalue weighted by molar-refractivity contribution is 14.1. The number of benzene rings is 2. The minimum absolute atomic E-state index is 0.231. The zero-order valence-electron chi connectivity index (χ0n) is 18.5. The molecule has 4 nitrogen and oxygen atoms in total. The van der Waals surface area contributed by atoms with Gasteiger partial charge in [0, 0.05) is 7.14 Å². The van der Waals surface area contributed by atoms with E-state index in [-0.39, 0.29) is 11.9 Å². The lowest BCUT2D eigenvalue weighted by Gasteiger charge is -2.06. The second-order valence-corrected chi connectivity index (χ2v) is 10.3. The molecule has 0 bridgehead atoms. The summed E-state index contributed by atoms with van der Waals surface area (Å²) in [6.45, 7) is 0.998. The number of rotatable bonds is 15. The molecule has 0 amide bonds. The van der Waals surface area contributed by atoms with Crippen molar-refractivity contribution < 1.29 is 19.1 Å². The van der Waals surface area contributed by atoms with Gasteiger partial charge in [0.25, 0.3) is 0 Å². The first-order valence-corrected chi connectivity index (χ1v) is 13.6. The molecule has 2 aromatic rings. The summed E-state index contributed by atoms with van der Waals surface area (Å²) in [5.41, 5.74) is 1.24. The number of carbonyl (C=O) groups is 2. The molecule has 32 heavy (non-hydrogen) atoms. The van der Waals surface area contributed by atoms with Crippen LogP contribution in [0, 0.1) is 7.14 Å². The Kier molecular flexibility index (Phi) is 13.9. The van der Waals surface area contributed by atoms with Gasteiger partial charge in [-0.15, -0.1) is 0 Å². The fourth-order valence-electron chi connectivity index (χ4n) is 3.29. The molecule has 2 rings (SSSR count). The maximum Gasteiger partial charge on any atom is 0.338 e. The van der Waals surface area contributed by atoms with Crippen molar-refractivity contribution in [2.24, 2.45) is 0 Å². The average Bonchev–Trinajstić information content (AvgIpc) is 2.80. The lowest BCUT2D eigenvalue weighted by Crippen LogP contribution is -2.06. The van der Waals surface area contributed by atoms with Crippen LogP contribution in [-0.4, -0.2) is 25.2 Å². The summed E-state index contributed by atoms with van der Waals surface area (Å²) in [6, 6.07) is 14.9. The number of hydrogen-bond acceptors (Lipinski definition) is 4. The van der Waals surface area contributed by atoms with E-state index in [1.165, 1.54) is 38.5 Å². The molecular formula is C26H32I2O4. The molecule has 0 unspecified atom stereocenters. The zero-order chi connectivity index (χ0) is 23.0. The van der Waals surface area contributed by atoms with Gasteiger partial charge in [0.15, 0.2) is 0 Å². The number of halogens is 2. The molecule has 0 aliphatic heterocycles. The highest BCUT2D eigenvalue weighted by atomic mass is 127. The van der Waals surface area contributed by atoms with Gasteiger partial charge in [-0.3, -0.25) is 0 Å². The van der Waals surface area contributed by atoms with Crippen LogP contribution in [-0.2, 0) is 9.47 Å². The predicted molar refractivity (Wildman–Crippen MR) is 145 cm³/mol. The highest BCUT2D eigenvalue weighted by Gasteiger charge is 2.07. The number of carbonyl (C=O) groups excluding carboxylic acids is 2. The van der Waals surface area contributed by atoms with E-state index in [1.54, 1.807) is 0 Å². The first kappa shape index (κ1) is 27.1. The molecule has 0 aliphatic rings. The maximum absolute atomic E-state index is 11.9. The molecular weight excluding hydrogens is 630 g/mol. The number of esters is 2. The first-order valence-electron chi connectivity index (χ1n) is 11.4. The van der Waals surface area contributed by atoms with Gasteiger partial charge in [-0.05, 0) is 107 Å². The molecule has 0 atom stereocenters. The van der Waals surface area contributed by atoms with Crippen LogP contribution in [0.5, 0.6) is 0 Å². The van der Waals surface area contributed by atoms with Crippen LogP contribution in [0.1, 0.15) is 84.9 Å². The quantitative estimate of drug-likeness (QED) is 0.111. The van der Waals surface area contributed by atoms with Gasteiger partial charge < -0.3 is 9.47 Å². The molecule has 0 aromatic heterocycles. The minimum atomic E-state index is -0.231. The molecule has 0 saturated carbocycles. The Morgan fingerprint density at radius 2 is 0.781 bits per heavy atom. The van der Waals surface area contributed by atoms with Gasteiger partial charge in [0.1, 0.15) is 0 Å². The predicted octanol–water partition coefficient (Wildman–Crippen LogP) is 7.81. The van der Waals surface area contributed by atoms with Gasteiger partial charge in [0.2, 0.25) is 0 Å². The highest BCUT2D eigenvalue weighted by Crippen LogP contribution is 2.13. The van der Waals surface area contributed by atoms with Crippen molar-refractivity contribution in [1.29, 1.82) is 0 Å². The Labute approximate surface area is 219 Å². The number of hydrogen-bond donors (Lipinski definition) is 0. The Hall–Kier alpha value is -1.16. The Balaban J connectivity index is 1.34. The van der Waals surface area contributed by atoms with Crippen LogP contribution in [0.2, 0.25) is 0 Å². The smallest absolute Gasteiger partial charge is 0.338 e. The molecule has 174 valence electrons. The number of ether oxygens (including phenoxy) is 2. The molecule has 0 heterocycles. The molecule has 0 saturated heterocycles. The third-order valence-corrected chi connectivity index (χ3v) is 6.60. The fourth-order valence-corrected chi connectivity index (χ4v) is 4.01. The summed E-state index contributed by atoms with van der Waals surface area (Å²) in [5, 5.41) is 0. The Morgan fingerprint density at radius 1 is 0.500 bits per heavy atom. The topological polar surface area (TPSA) is 52.6 Å². The molecule has 0 N–H and O–H groups in total. The second kappa shape index (κ2) is 16.5. The van der Waals surface area contributed by atoms with Crippen LogP contribution < -0.4 is 0 Å². The Morgan fingerprint density at radius 3 is 1.09 bits per heavy atom. The summed E-state index contributed by atoms with van der Waals surface area (Å²) in [5.74, 6) is -0.461. The number of unbranched alkanes of at least 4 members (excludes halogenated alkanes) is 9. The Bertz CT molecular complexity index is 734. The van der Waals surface area contributed by atoms with Crippen molar-refractivity contribution in [1.82, 2.24) is 0 Å². The van der Waals surface area contributed by atoms with E-state index in [9.17, 15) is 9.59 Å². The normalized spacial score (nSPS) is 10.7. The standard InChI is InChI=1S/C26H32I2O4/c27-23-15-11-21(12-16-23)25(29)31-19-9-7-5-3-1-2-4-6-8-10-20-32-26(30)22-13-17-24(28)18-14-22/h11-18H,1-10,19-20H2. The fraction of sp³-hybridized carbons (Fsp3) is 0.462. The van der Waals surface area contributed by atoms with E-state index in [1.807, 2.05) is 48.5 Å². The SMILES string of the molecule is O=C(OCCCCCCCCCCCCOC(=O)c1ccc(I)cc1)c1ccc(I)cc1. The minimum Gasteiger partial charge on any atom is -0.462 e. The van der Waals surface area contributed by atoms with Crippen LogP contribution in [0.25, 0.3) is 0 Å². The van der Waals surface area contributed by atoms with E-state index in [4.69, 9.17) is 9.47 Å². The van der Waals surface area contributed by atoms with Crippen molar-refractivity contribution in [3.8, 4) is 0 Å². The van der Waals surface area contributed by atoms with Crippen LogP contribution in [0.3, 0.4) is 0 Å². The van der Waals surface area contributed by atoms with Gasteiger partial charge in [-0.25, -0.2) is 9.59 Å². The van der Waals surface area contributed by atoms with Crippen LogP contribution in [0.15, 0.2) is 48.5 Å². The molecule has 0 fully saturated rings. The van der Waals surface area contributed by atoms with Crippen molar-refractivity contribution >= 4 is 57.1 Å². The molecule has 0 radical (unpaired) electrons. The molecule has 0 aliphatic carbocycles. The monoisotopic (exact) mass is 662 g/mol. The summed E-state index contributed by atoms with van der Waals surface area (Å²) < 4.78 is 12.9. The van der Waals surface area contributed by atoms with Crippen molar-refractivity contribution in [3.63, 3.8) is 0 Å². The third kappa shape index (κ3) is 11.6. The van der Waals surface area contributed by atoms with E-state index >= 15 is 0 Å². The second-order valence-electron chi connectivity index (χ2n) is 7.82. The lowest BCUT2D eigenvalue weighted by molar-refractivity contribution is 0.0488. The third-order valence-electron chi connectivity index (χ3n) is 5.16. The molecule has 6 heteroatoms. The summed E-state index contributed by atoms with van der Waals surface area (Å²) in [7, 11) is 0. The van der Waals surface area contributed by atoms with Crippen LogP contribution in [0.4, 0.5) is 0 Å². The summed E-state index contributed by atoms with van der Waals surface area (Å²) in [4.78, 5) is 23.8. The summed E-state index contributed by atoms with van der Waals surface area (Å²) >= 11 is 4.44. The van der Waals surface area contributed by atoms with Crippen molar-refractivity contribution in [2.45, 2.75) is 64.2 Å². The van der Waals surface area contributed by atoms with Crippen molar-refractivity contribution in [2.75, 3.05) is 13.2 Å². The lowest BCUT2D eigenvalue weighted by atomic mass is 10.1. The van der Waals surface area contributed by atoms with E-state index in [0.29, 0.717) is 24.3 Å². The molecule has 0 spiro atoms. The van der Waals surface area contributed by atoms with Gasteiger partial charge in [-0.1, -0.05) is 51.4 Å². The average molecular weight is 662 g/mol. The zero-order valence-corrected chi connectivity index (χ0v) is 22.8. The van der Waals surface area contributed by atoms with E-state index < -0.39 is 0 Å². The first-order chi connectivity index (χ1) is 15.6. The van der Waals surface area contributed by atoms with E-state index in [0.717, 1.165) is 32.8 Å². The van der Waals surface area contributed by atoms with Gasteiger partial charge >= 0.3 is 11.9 Å². The van der Waals surface area contributed by atoms with Gasteiger partial charge in [-0.2, -0.15) is 0 Å². The largest absolute Gasteiger partial charge is 0.462 e. The molecule has 2 aromatic carbocycles. The van der Waals surface area contributed by atoms with Gasteiger partial charge in [0.05, 0.1) is 24.3 Å². The van der Waals surface area contributed by atoms with Crippen LogP contribution >= 0.6 is 45.2 Å². The van der Waals surface area contributed by atoms with E-state index in [2.05, 4.69) is 45.2 Å².